The first-order valence-corrected chi connectivity index (χ1v) is 6.89. The van der Waals surface area contributed by atoms with Crippen molar-refractivity contribution in [2.45, 2.75) is 45.6 Å². The van der Waals surface area contributed by atoms with Crippen molar-refractivity contribution in [3.63, 3.8) is 0 Å². The van der Waals surface area contributed by atoms with E-state index in [1.807, 2.05) is 0 Å². The van der Waals surface area contributed by atoms with Gasteiger partial charge in [-0.1, -0.05) is 6.92 Å². The van der Waals surface area contributed by atoms with Crippen molar-refractivity contribution in [3.8, 4) is 0 Å². The second-order valence-corrected chi connectivity index (χ2v) is 4.66. The maximum atomic E-state index is 5.55. The van der Waals surface area contributed by atoms with Gasteiger partial charge < -0.3 is 15.4 Å². The Balaban J connectivity index is 1.76. The summed E-state index contributed by atoms with van der Waals surface area (Å²) in [5.74, 6) is 0.915. The maximum Gasteiger partial charge on any atom is 0.0580 e. The largest absolute Gasteiger partial charge is 0.378 e. The molecule has 0 spiro atoms. The first-order valence-electron chi connectivity index (χ1n) is 6.89. The third kappa shape index (κ3) is 5.83. The minimum absolute atomic E-state index is 0.573. The topological polar surface area (TPSA) is 33.3 Å². The molecule has 1 fully saturated rings. The van der Waals surface area contributed by atoms with Crippen LogP contribution in [0, 0.1) is 5.92 Å². The summed E-state index contributed by atoms with van der Waals surface area (Å²) in [7, 11) is 0. The molecule has 0 aromatic rings. The molecular weight excluding hydrogens is 200 g/mol. The molecule has 3 heteroatoms. The monoisotopic (exact) mass is 228 g/mol. The molecule has 96 valence electrons. The molecule has 1 aliphatic rings. The van der Waals surface area contributed by atoms with Gasteiger partial charge in [-0.05, 0) is 64.7 Å². The summed E-state index contributed by atoms with van der Waals surface area (Å²) in [6, 6.07) is 0. The van der Waals surface area contributed by atoms with Crippen LogP contribution in [0.1, 0.15) is 39.5 Å². The predicted molar refractivity (Wildman–Crippen MR) is 68.8 cm³/mol. The Kier molecular flexibility index (Phi) is 7.81. The van der Waals surface area contributed by atoms with Crippen LogP contribution in [0.25, 0.3) is 0 Å². The van der Waals surface area contributed by atoms with Crippen molar-refractivity contribution >= 4 is 0 Å². The third-order valence-electron chi connectivity index (χ3n) is 3.28. The zero-order valence-corrected chi connectivity index (χ0v) is 10.9. The Morgan fingerprint density at radius 3 is 2.50 bits per heavy atom. The lowest BCUT2D eigenvalue weighted by atomic mass is 9.80. The molecule has 0 bridgehead atoms. The van der Waals surface area contributed by atoms with Crippen molar-refractivity contribution in [3.05, 3.63) is 0 Å². The van der Waals surface area contributed by atoms with E-state index in [0.717, 1.165) is 32.2 Å². The van der Waals surface area contributed by atoms with Crippen molar-refractivity contribution in [1.82, 2.24) is 10.6 Å². The first-order chi connectivity index (χ1) is 7.86. The molecule has 0 aromatic heterocycles. The summed E-state index contributed by atoms with van der Waals surface area (Å²) < 4.78 is 5.55. The average molecular weight is 228 g/mol. The molecule has 1 rings (SSSR count). The smallest absolute Gasteiger partial charge is 0.0580 e. The van der Waals surface area contributed by atoms with E-state index in [4.69, 9.17) is 4.74 Å². The zero-order valence-electron chi connectivity index (χ0n) is 10.9. The number of hydrogen-bond acceptors (Lipinski definition) is 3. The Hall–Kier alpha value is -0.120. The summed E-state index contributed by atoms with van der Waals surface area (Å²) in [6.45, 7) is 9.66. The SMILES string of the molecule is CCNCCCNCCC1CC(OCC)C1. The van der Waals surface area contributed by atoms with E-state index < -0.39 is 0 Å². The normalized spacial score (nSPS) is 24.4. The van der Waals surface area contributed by atoms with Gasteiger partial charge in [-0.15, -0.1) is 0 Å². The second-order valence-electron chi connectivity index (χ2n) is 4.66. The molecule has 0 unspecified atom stereocenters. The third-order valence-corrected chi connectivity index (χ3v) is 3.28. The molecule has 0 atom stereocenters. The average Bonchev–Trinajstić information content (AvgIpc) is 2.24. The van der Waals surface area contributed by atoms with Gasteiger partial charge in [0.05, 0.1) is 6.10 Å². The van der Waals surface area contributed by atoms with Crippen LogP contribution in [0.4, 0.5) is 0 Å². The summed E-state index contributed by atoms with van der Waals surface area (Å²) in [5, 5.41) is 6.84. The lowest BCUT2D eigenvalue weighted by Gasteiger charge is -2.35. The van der Waals surface area contributed by atoms with Gasteiger partial charge >= 0.3 is 0 Å². The van der Waals surface area contributed by atoms with Crippen LogP contribution in [-0.2, 0) is 4.74 Å². The molecule has 0 heterocycles. The van der Waals surface area contributed by atoms with E-state index in [9.17, 15) is 0 Å². The lowest BCUT2D eigenvalue weighted by molar-refractivity contribution is -0.0262. The van der Waals surface area contributed by atoms with Crippen LogP contribution in [0.3, 0.4) is 0 Å². The molecule has 0 saturated heterocycles. The molecule has 1 aliphatic carbocycles. The molecule has 3 nitrogen and oxygen atoms in total. The Morgan fingerprint density at radius 1 is 1.06 bits per heavy atom. The summed E-state index contributed by atoms with van der Waals surface area (Å²) in [4.78, 5) is 0. The highest BCUT2D eigenvalue weighted by atomic mass is 16.5. The Bertz CT molecular complexity index is 158. The Morgan fingerprint density at radius 2 is 1.81 bits per heavy atom. The van der Waals surface area contributed by atoms with E-state index in [0.29, 0.717) is 6.10 Å². The number of ether oxygens (including phenoxy) is 1. The minimum Gasteiger partial charge on any atom is -0.378 e. The molecule has 16 heavy (non-hydrogen) atoms. The lowest BCUT2D eigenvalue weighted by Crippen LogP contribution is -2.33. The summed E-state index contributed by atoms with van der Waals surface area (Å²) >= 11 is 0. The van der Waals surface area contributed by atoms with Gasteiger partial charge in [0.2, 0.25) is 0 Å². The van der Waals surface area contributed by atoms with Crippen molar-refractivity contribution < 1.29 is 4.74 Å². The quantitative estimate of drug-likeness (QED) is 0.559. The standard InChI is InChI=1S/C13H28N2O/c1-3-14-7-5-8-15-9-6-12-10-13(11-12)16-4-2/h12-15H,3-11H2,1-2H3. The highest BCUT2D eigenvalue weighted by Gasteiger charge is 2.28. The molecule has 2 N–H and O–H groups in total. The first kappa shape index (κ1) is 13.9. The van der Waals surface area contributed by atoms with Gasteiger partial charge in [0.25, 0.3) is 0 Å². The van der Waals surface area contributed by atoms with E-state index in [1.165, 1.54) is 32.2 Å². The highest BCUT2D eigenvalue weighted by Crippen LogP contribution is 2.32. The van der Waals surface area contributed by atoms with E-state index in [-0.39, 0.29) is 0 Å². The van der Waals surface area contributed by atoms with Gasteiger partial charge in [-0.2, -0.15) is 0 Å². The van der Waals surface area contributed by atoms with Gasteiger partial charge in [-0.3, -0.25) is 0 Å². The molecule has 0 radical (unpaired) electrons. The second kappa shape index (κ2) is 8.97. The van der Waals surface area contributed by atoms with Gasteiger partial charge in [-0.25, -0.2) is 0 Å². The molecule has 0 amide bonds. The van der Waals surface area contributed by atoms with Crippen LogP contribution in [0.5, 0.6) is 0 Å². The summed E-state index contributed by atoms with van der Waals surface area (Å²) in [6.07, 6.45) is 5.70. The highest BCUT2D eigenvalue weighted by molar-refractivity contribution is 4.80. The molecule has 1 saturated carbocycles. The zero-order chi connectivity index (χ0) is 11.6. The molecule has 0 aliphatic heterocycles. The van der Waals surface area contributed by atoms with E-state index in [1.54, 1.807) is 0 Å². The van der Waals surface area contributed by atoms with Crippen LogP contribution in [0.2, 0.25) is 0 Å². The van der Waals surface area contributed by atoms with E-state index in [2.05, 4.69) is 24.5 Å². The van der Waals surface area contributed by atoms with Crippen molar-refractivity contribution in [2.75, 3.05) is 32.8 Å². The van der Waals surface area contributed by atoms with Crippen molar-refractivity contribution in [2.24, 2.45) is 5.92 Å². The summed E-state index contributed by atoms with van der Waals surface area (Å²) in [5.41, 5.74) is 0. The van der Waals surface area contributed by atoms with Crippen LogP contribution < -0.4 is 10.6 Å². The van der Waals surface area contributed by atoms with Crippen LogP contribution in [0.15, 0.2) is 0 Å². The van der Waals surface area contributed by atoms with E-state index >= 15 is 0 Å². The van der Waals surface area contributed by atoms with Gasteiger partial charge in [0.1, 0.15) is 0 Å². The predicted octanol–water partition coefficient (Wildman–Crippen LogP) is 1.78. The van der Waals surface area contributed by atoms with Gasteiger partial charge in [0, 0.05) is 6.61 Å². The van der Waals surface area contributed by atoms with Crippen molar-refractivity contribution in [1.29, 1.82) is 0 Å². The fourth-order valence-corrected chi connectivity index (χ4v) is 2.23. The fraction of sp³-hybridized carbons (Fsp3) is 1.00. The molecule has 0 aromatic carbocycles. The van der Waals surface area contributed by atoms with Crippen LogP contribution in [-0.4, -0.2) is 38.9 Å². The van der Waals surface area contributed by atoms with Gasteiger partial charge in [0.15, 0.2) is 0 Å². The fourth-order valence-electron chi connectivity index (χ4n) is 2.23. The number of hydrogen-bond donors (Lipinski definition) is 2. The maximum absolute atomic E-state index is 5.55. The number of nitrogens with one attached hydrogen (secondary N) is 2. The number of rotatable bonds is 10. The minimum atomic E-state index is 0.573. The Labute approximate surface area is 100 Å². The van der Waals surface area contributed by atoms with Crippen LogP contribution >= 0.6 is 0 Å². The molecular formula is C13H28N2O.